The van der Waals surface area contributed by atoms with Gasteiger partial charge in [-0.3, -0.25) is 4.99 Å². The first-order chi connectivity index (χ1) is 10.8. The Morgan fingerprint density at radius 1 is 1.26 bits per heavy atom. The van der Waals surface area contributed by atoms with Gasteiger partial charge in [0.1, 0.15) is 0 Å². The topological polar surface area (TPSA) is 49.3 Å². The zero-order valence-electron chi connectivity index (χ0n) is 14.4. The van der Waals surface area contributed by atoms with E-state index in [1.807, 2.05) is 24.6 Å². The number of aliphatic imine (C=N–C) groups is 1. The Morgan fingerprint density at radius 3 is 2.65 bits per heavy atom. The standard InChI is InChI=1S/C17H30N4S.HI/c1-3-15-13-21-16(22-15)10-12-20-17(18-2)19-11-9-14-7-5-4-6-8-14;/h13-14H,3-12H2,1-2H3,(H2,18,19,20);1H. The average molecular weight is 450 g/mol. The third-order valence-electron chi connectivity index (χ3n) is 4.37. The van der Waals surface area contributed by atoms with Crippen LogP contribution in [0.5, 0.6) is 0 Å². The Morgan fingerprint density at radius 2 is 2.00 bits per heavy atom. The van der Waals surface area contributed by atoms with Crippen molar-refractivity contribution >= 4 is 41.3 Å². The molecule has 0 atom stereocenters. The van der Waals surface area contributed by atoms with Gasteiger partial charge in [0.15, 0.2) is 5.96 Å². The van der Waals surface area contributed by atoms with Gasteiger partial charge in [0.05, 0.1) is 5.01 Å². The molecule has 0 amide bonds. The van der Waals surface area contributed by atoms with Gasteiger partial charge in [0.25, 0.3) is 0 Å². The second kappa shape index (κ2) is 12.1. The predicted octanol–water partition coefficient (Wildman–Crippen LogP) is 4.00. The number of nitrogens with one attached hydrogen (secondary N) is 2. The highest BCUT2D eigenvalue weighted by Crippen LogP contribution is 2.25. The van der Waals surface area contributed by atoms with Gasteiger partial charge >= 0.3 is 0 Å². The van der Waals surface area contributed by atoms with Crippen molar-refractivity contribution in [3.63, 3.8) is 0 Å². The summed E-state index contributed by atoms with van der Waals surface area (Å²) in [6, 6.07) is 0. The van der Waals surface area contributed by atoms with Crippen LogP contribution in [-0.2, 0) is 12.8 Å². The lowest BCUT2D eigenvalue weighted by atomic mass is 9.87. The number of hydrogen-bond donors (Lipinski definition) is 2. The van der Waals surface area contributed by atoms with Gasteiger partial charge in [0, 0.05) is 37.6 Å². The second-order valence-electron chi connectivity index (χ2n) is 6.04. The molecular formula is C17H31IN4S. The second-order valence-corrected chi connectivity index (χ2v) is 7.24. The van der Waals surface area contributed by atoms with Crippen molar-refractivity contribution in [3.05, 3.63) is 16.1 Å². The highest BCUT2D eigenvalue weighted by molar-refractivity contribution is 14.0. The summed E-state index contributed by atoms with van der Waals surface area (Å²) >= 11 is 1.82. The Hall–Kier alpha value is -0.370. The molecule has 1 saturated carbocycles. The summed E-state index contributed by atoms with van der Waals surface area (Å²) in [7, 11) is 1.84. The van der Waals surface area contributed by atoms with Crippen LogP contribution in [0.3, 0.4) is 0 Å². The number of aryl methyl sites for hydroxylation is 1. The molecule has 0 radical (unpaired) electrons. The lowest BCUT2D eigenvalue weighted by molar-refractivity contribution is 0.339. The Labute approximate surface area is 162 Å². The molecule has 0 bridgehead atoms. The maximum absolute atomic E-state index is 4.45. The van der Waals surface area contributed by atoms with E-state index in [0.717, 1.165) is 37.8 Å². The minimum atomic E-state index is 0. The molecule has 1 aliphatic carbocycles. The monoisotopic (exact) mass is 450 g/mol. The van der Waals surface area contributed by atoms with E-state index in [0.29, 0.717) is 0 Å². The molecule has 1 heterocycles. The van der Waals surface area contributed by atoms with Crippen molar-refractivity contribution in [2.45, 2.75) is 58.3 Å². The van der Waals surface area contributed by atoms with Crippen molar-refractivity contribution in [2.24, 2.45) is 10.9 Å². The van der Waals surface area contributed by atoms with E-state index in [-0.39, 0.29) is 24.0 Å². The molecule has 2 N–H and O–H groups in total. The van der Waals surface area contributed by atoms with Crippen LogP contribution in [0.25, 0.3) is 0 Å². The highest BCUT2D eigenvalue weighted by Gasteiger charge is 2.12. The van der Waals surface area contributed by atoms with Crippen LogP contribution in [0, 0.1) is 5.92 Å². The summed E-state index contributed by atoms with van der Waals surface area (Å²) in [4.78, 5) is 10.1. The number of rotatable bonds is 7. The molecule has 1 aromatic heterocycles. The minimum Gasteiger partial charge on any atom is -0.356 e. The van der Waals surface area contributed by atoms with Crippen molar-refractivity contribution in [1.82, 2.24) is 15.6 Å². The largest absolute Gasteiger partial charge is 0.356 e. The van der Waals surface area contributed by atoms with Crippen LogP contribution < -0.4 is 10.6 Å². The van der Waals surface area contributed by atoms with Gasteiger partial charge in [-0.05, 0) is 18.8 Å². The van der Waals surface area contributed by atoms with E-state index < -0.39 is 0 Å². The van der Waals surface area contributed by atoms with Crippen LogP contribution in [0.1, 0.15) is 55.3 Å². The highest BCUT2D eigenvalue weighted by atomic mass is 127. The predicted molar refractivity (Wildman–Crippen MR) is 111 cm³/mol. The van der Waals surface area contributed by atoms with E-state index in [1.54, 1.807) is 0 Å². The van der Waals surface area contributed by atoms with Crippen molar-refractivity contribution in [1.29, 1.82) is 0 Å². The van der Waals surface area contributed by atoms with Gasteiger partial charge in [-0.15, -0.1) is 35.3 Å². The molecule has 132 valence electrons. The molecule has 0 spiro atoms. The summed E-state index contributed by atoms with van der Waals surface area (Å²) in [5, 5.41) is 8.04. The van der Waals surface area contributed by atoms with Gasteiger partial charge in [-0.2, -0.15) is 0 Å². The lowest BCUT2D eigenvalue weighted by Crippen LogP contribution is -2.39. The molecule has 0 unspecified atom stereocenters. The Balaban J connectivity index is 0.00000264. The van der Waals surface area contributed by atoms with Gasteiger partial charge in [-0.1, -0.05) is 39.0 Å². The van der Waals surface area contributed by atoms with Crippen molar-refractivity contribution in [3.8, 4) is 0 Å². The van der Waals surface area contributed by atoms with Crippen LogP contribution in [0.4, 0.5) is 0 Å². The fraction of sp³-hybridized carbons (Fsp3) is 0.765. The van der Waals surface area contributed by atoms with Crippen LogP contribution in [0.2, 0.25) is 0 Å². The molecule has 0 aliphatic heterocycles. The summed E-state index contributed by atoms with van der Waals surface area (Å²) in [5.41, 5.74) is 0. The van der Waals surface area contributed by atoms with Gasteiger partial charge in [-0.25, -0.2) is 4.98 Å². The van der Waals surface area contributed by atoms with Gasteiger partial charge in [0.2, 0.25) is 0 Å². The first-order valence-corrected chi connectivity index (χ1v) is 9.51. The van der Waals surface area contributed by atoms with E-state index in [1.165, 1.54) is 48.4 Å². The Kier molecular flexibility index (Phi) is 10.8. The van der Waals surface area contributed by atoms with Gasteiger partial charge < -0.3 is 10.6 Å². The zero-order valence-corrected chi connectivity index (χ0v) is 17.6. The van der Waals surface area contributed by atoms with E-state index in [2.05, 4.69) is 27.5 Å². The summed E-state index contributed by atoms with van der Waals surface area (Å²) in [6.45, 7) is 4.09. The maximum atomic E-state index is 4.45. The molecule has 1 aromatic rings. The van der Waals surface area contributed by atoms with Crippen LogP contribution in [0.15, 0.2) is 11.2 Å². The number of halogens is 1. The first-order valence-electron chi connectivity index (χ1n) is 8.70. The average Bonchev–Trinajstić information content (AvgIpc) is 3.02. The third kappa shape index (κ3) is 7.83. The molecule has 6 heteroatoms. The molecule has 1 fully saturated rings. The number of thiazole rings is 1. The van der Waals surface area contributed by atoms with Crippen molar-refractivity contribution < 1.29 is 0 Å². The van der Waals surface area contributed by atoms with E-state index in [9.17, 15) is 0 Å². The number of aromatic nitrogens is 1. The quantitative estimate of drug-likeness (QED) is 0.375. The number of hydrogen-bond acceptors (Lipinski definition) is 3. The molecule has 1 aliphatic rings. The molecule has 0 saturated heterocycles. The molecule has 0 aromatic carbocycles. The summed E-state index contributed by atoms with van der Waals surface area (Å²) in [6.07, 6.45) is 12.4. The summed E-state index contributed by atoms with van der Waals surface area (Å²) < 4.78 is 0. The molecule has 23 heavy (non-hydrogen) atoms. The van der Waals surface area contributed by atoms with E-state index in [4.69, 9.17) is 0 Å². The van der Waals surface area contributed by atoms with E-state index >= 15 is 0 Å². The number of guanidine groups is 1. The third-order valence-corrected chi connectivity index (χ3v) is 5.58. The zero-order chi connectivity index (χ0) is 15.6. The van der Waals surface area contributed by atoms with Crippen molar-refractivity contribution in [2.75, 3.05) is 20.1 Å². The fourth-order valence-electron chi connectivity index (χ4n) is 3.01. The van der Waals surface area contributed by atoms with Crippen LogP contribution >= 0.6 is 35.3 Å². The molecular weight excluding hydrogens is 419 g/mol. The lowest BCUT2D eigenvalue weighted by Gasteiger charge is -2.22. The number of nitrogens with zero attached hydrogens (tertiary/aromatic N) is 2. The molecule has 2 rings (SSSR count). The maximum Gasteiger partial charge on any atom is 0.190 e. The fourth-order valence-corrected chi connectivity index (χ4v) is 3.87. The smallest absolute Gasteiger partial charge is 0.190 e. The summed E-state index contributed by atoms with van der Waals surface area (Å²) in [5.74, 6) is 1.84. The Bertz CT molecular complexity index is 455. The SMILES string of the molecule is CCc1cnc(CCNC(=NC)NCCC2CCCCC2)s1.I. The normalized spacial score (nSPS) is 16.0. The van der Waals surface area contributed by atoms with Crippen LogP contribution in [-0.4, -0.2) is 31.1 Å². The molecule has 4 nitrogen and oxygen atoms in total. The minimum absolute atomic E-state index is 0. The first kappa shape index (κ1) is 20.7.